The van der Waals surface area contributed by atoms with Crippen LogP contribution >= 0.6 is 11.8 Å². The molecule has 0 unspecified atom stereocenters. The number of hydrogen-bond acceptors (Lipinski definition) is 3. The standard InChI is InChI=1S/C15H21F3N4OS/c1-19-15(20-7-3-4-8-24-2)21-9-12(23)22-11-6-5-10(16)13(17)14(11)18/h5-6H,3-4,7-9H2,1-2H3,(H,22,23)(H2,19,20,21). The number of carbonyl (C=O) groups is 1. The molecule has 0 saturated heterocycles. The van der Waals surface area contributed by atoms with Gasteiger partial charge in [0.1, 0.15) is 0 Å². The number of thioether (sulfide) groups is 1. The topological polar surface area (TPSA) is 65.5 Å². The Labute approximate surface area is 143 Å². The lowest BCUT2D eigenvalue weighted by molar-refractivity contribution is -0.115. The molecule has 0 aliphatic rings. The van der Waals surface area contributed by atoms with Gasteiger partial charge in [-0.1, -0.05) is 0 Å². The Balaban J connectivity index is 2.41. The molecule has 24 heavy (non-hydrogen) atoms. The van der Waals surface area contributed by atoms with Crippen molar-refractivity contribution in [2.45, 2.75) is 12.8 Å². The van der Waals surface area contributed by atoms with E-state index < -0.39 is 29.0 Å². The number of hydrogen-bond donors (Lipinski definition) is 3. The van der Waals surface area contributed by atoms with Crippen LogP contribution in [-0.2, 0) is 4.79 Å². The molecule has 3 N–H and O–H groups in total. The van der Waals surface area contributed by atoms with Gasteiger partial charge in [0.25, 0.3) is 0 Å². The van der Waals surface area contributed by atoms with Crippen molar-refractivity contribution in [1.29, 1.82) is 0 Å². The lowest BCUT2D eigenvalue weighted by Crippen LogP contribution is -2.41. The van der Waals surface area contributed by atoms with Crippen LogP contribution in [0.2, 0.25) is 0 Å². The zero-order chi connectivity index (χ0) is 17.9. The first-order chi connectivity index (χ1) is 11.5. The first kappa shape index (κ1) is 20.1. The van der Waals surface area contributed by atoms with Gasteiger partial charge in [0.2, 0.25) is 5.91 Å². The minimum atomic E-state index is -1.62. The Kier molecular flexibility index (Phi) is 9.06. The molecule has 0 bridgehead atoms. The zero-order valence-corrected chi connectivity index (χ0v) is 14.4. The molecule has 0 aromatic heterocycles. The number of halogens is 3. The third-order valence-corrected chi connectivity index (χ3v) is 3.71. The van der Waals surface area contributed by atoms with Crippen molar-refractivity contribution in [2.24, 2.45) is 4.99 Å². The van der Waals surface area contributed by atoms with Gasteiger partial charge in [-0.2, -0.15) is 11.8 Å². The molecule has 0 aliphatic carbocycles. The van der Waals surface area contributed by atoms with Gasteiger partial charge in [-0.05, 0) is 37.0 Å². The molecule has 1 rings (SSSR count). The second-order valence-corrected chi connectivity index (χ2v) is 5.81. The van der Waals surface area contributed by atoms with Crippen LogP contribution in [0.15, 0.2) is 17.1 Å². The van der Waals surface area contributed by atoms with E-state index in [1.165, 1.54) is 0 Å². The Morgan fingerprint density at radius 1 is 1.17 bits per heavy atom. The van der Waals surface area contributed by atoms with E-state index in [0.29, 0.717) is 12.5 Å². The average molecular weight is 362 g/mol. The molecule has 0 radical (unpaired) electrons. The molecule has 1 amide bonds. The van der Waals surface area contributed by atoms with Crippen molar-refractivity contribution in [3.8, 4) is 0 Å². The number of anilines is 1. The van der Waals surface area contributed by atoms with E-state index in [0.717, 1.165) is 30.7 Å². The molecule has 0 atom stereocenters. The number of benzene rings is 1. The third-order valence-electron chi connectivity index (χ3n) is 3.02. The first-order valence-corrected chi connectivity index (χ1v) is 8.75. The van der Waals surface area contributed by atoms with E-state index in [1.54, 1.807) is 18.8 Å². The Morgan fingerprint density at radius 3 is 2.58 bits per heavy atom. The summed E-state index contributed by atoms with van der Waals surface area (Å²) in [6.07, 6.45) is 4.08. The van der Waals surface area contributed by atoms with Gasteiger partial charge >= 0.3 is 0 Å². The highest BCUT2D eigenvalue weighted by Gasteiger charge is 2.15. The van der Waals surface area contributed by atoms with Crippen LogP contribution in [0.25, 0.3) is 0 Å². The van der Waals surface area contributed by atoms with E-state index in [9.17, 15) is 18.0 Å². The number of nitrogens with one attached hydrogen (secondary N) is 3. The lowest BCUT2D eigenvalue weighted by Gasteiger charge is -2.12. The number of guanidine groups is 1. The second kappa shape index (κ2) is 10.8. The maximum absolute atomic E-state index is 13.5. The van der Waals surface area contributed by atoms with Gasteiger partial charge in [0.05, 0.1) is 12.2 Å². The van der Waals surface area contributed by atoms with E-state index in [2.05, 4.69) is 20.9 Å². The summed E-state index contributed by atoms with van der Waals surface area (Å²) in [6.45, 7) is 0.516. The molecular weight excluding hydrogens is 341 g/mol. The molecule has 0 spiro atoms. The van der Waals surface area contributed by atoms with Crippen LogP contribution in [-0.4, -0.2) is 44.0 Å². The third kappa shape index (κ3) is 6.69. The molecule has 1 aromatic rings. The lowest BCUT2D eigenvalue weighted by atomic mass is 10.2. The summed E-state index contributed by atoms with van der Waals surface area (Å²) in [5.41, 5.74) is -0.416. The summed E-state index contributed by atoms with van der Waals surface area (Å²) in [5.74, 6) is -3.46. The van der Waals surface area contributed by atoms with Crippen molar-refractivity contribution in [2.75, 3.05) is 37.5 Å². The quantitative estimate of drug-likeness (QED) is 0.287. The Morgan fingerprint density at radius 2 is 1.92 bits per heavy atom. The summed E-state index contributed by atoms with van der Waals surface area (Å²) < 4.78 is 39.4. The van der Waals surface area contributed by atoms with Crippen LogP contribution < -0.4 is 16.0 Å². The van der Waals surface area contributed by atoms with Crippen molar-refractivity contribution in [3.05, 3.63) is 29.6 Å². The van der Waals surface area contributed by atoms with Crippen LogP contribution in [0.1, 0.15) is 12.8 Å². The minimum Gasteiger partial charge on any atom is -0.356 e. The van der Waals surface area contributed by atoms with E-state index in [1.807, 2.05) is 6.26 Å². The molecule has 134 valence electrons. The SMILES string of the molecule is CN=C(NCCCCSC)NCC(=O)Nc1ccc(F)c(F)c1F. The molecular formula is C15H21F3N4OS. The average Bonchev–Trinajstić information content (AvgIpc) is 2.58. The predicted molar refractivity (Wildman–Crippen MR) is 91.9 cm³/mol. The van der Waals surface area contributed by atoms with Crippen LogP contribution in [0.5, 0.6) is 0 Å². The van der Waals surface area contributed by atoms with Gasteiger partial charge in [-0.15, -0.1) is 0 Å². The number of aliphatic imine (C=N–C) groups is 1. The van der Waals surface area contributed by atoms with E-state index in [4.69, 9.17) is 0 Å². The molecule has 5 nitrogen and oxygen atoms in total. The fourth-order valence-corrected chi connectivity index (χ4v) is 2.27. The molecule has 0 saturated carbocycles. The number of amides is 1. The Bertz CT molecular complexity index is 584. The Hall–Kier alpha value is -1.90. The highest BCUT2D eigenvalue weighted by molar-refractivity contribution is 7.98. The summed E-state index contributed by atoms with van der Waals surface area (Å²) in [7, 11) is 1.56. The van der Waals surface area contributed by atoms with Crippen LogP contribution in [0.3, 0.4) is 0 Å². The molecule has 0 aliphatic heterocycles. The van der Waals surface area contributed by atoms with Gasteiger partial charge in [0.15, 0.2) is 23.4 Å². The molecule has 1 aromatic carbocycles. The summed E-state index contributed by atoms with van der Waals surface area (Å²) in [5, 5.41) is 7.97. The van der Waals surface area contributed by atoms with Gasteiger partial charge in [0, 0.05) is 13.6 Å². The zero-order valence-electron chi connectivity index (χ0n) is 13.6. The van der Waals surface area contributed by atoms with Gasteiger partial charge in [-0.25, -0.2) is 13.2 Å². The van der Waals surface area contributed by atoms with Crippen molar-refractivity contribution < 1.29 is 18.0 Å². The van der Waals surface area contributed by atoms with Crippen molar-refractivity contribution >= 4 is 29.3 Å². The fraction of sp³-hybridized carbons (Fsp3) is 0.467. The summed E-state index contributed by atoms with van der Waals surface area (Å²) >= 11 is 1.78. The largest absolute Gasteiger partial charge is 0.356 e. The van der Waals surface area contributed by atoms with E-state index in [-0.39, 0.29) is 6.54 Å². The van der Waals surface area contributed by atoms with Gasteiger partial charge in [-0.3, -0.25) is 9.79 Å². The van der Waals surface area contributed by atoms with E-state index >= 15 is 0 Å². The monoisotopic (exact) mass is 362 g/mol. The molecule has 9 heteroatoms. The second-order valence-electron chi connectivity index (χ2n) is 4.82. The van der Waals surface area contributed by atoms with Crippen LogP contribution in [0, 0.1) is 17.5 Å². The van der Waals surface area contributed by atoms with Gasteiger partial charge < -0.3 is 16.0 Å². The molecule has 0 fully saturated rings. The number of unbranched alkanes of at least 4 members (excludes halogenated alkanes) is 1. The highest BCUT2D eigenvalue weighted by Crippen LogP contribution is 2.19. The minimum absolute atomic E-state index is 0.192. The number of nitrogens with zero attached hydrogens (tertiary/aromatic N) is 1. The van der Waals surface area contributed by atoms with Crippen LogP contribution in [0.4, 0.5) is 18.9 Å². The predicted octanol–water partition coefficient (Wildman–Crippen LogP) is 2.35. The summed E-state index contributed by atoms with van der Waals surface area (Å²) in [4.78, 5) is 15.7. The molecule has 0 heterocycles. The number of rotatable bonds is 8. The highest BCUT2D eigenvalue weighted by atomic mass is 32.2. The fourth-order valence-electron chi connectivity index (χ4n) is 1.78. The normalized spacial score (nSPS) is 11.3. The maximum atomic E-state index is 13.5. The van der Waals surface area contributed by atoms with Crippen molar-refractivity contribution in [1.82, 2.24) is 10.6 Å². The maximum Gasteiger partial charge on any atom is 0.243 e. The smallest absolute Gasteiger partial charge is 0.243 e. The van der Waals surface area contributed by atoms with Crippen molar-refractivity contribution in [3.63, 3.8) is 0 Å². The number of carbonyl (C=O) groups excluding carboxylic acids is 1. The summed E-state index contributed by atoms with van der Waals surface area (Å²) in [6, 6.07) is 1.71. The first-order valence-electron chi connectivity index (χ1n) is 7.36.